The molecule has 0 saturated carbocycles. The number of methoxy groups -OCH3 is 1. The number of H-pyrrole nitrogens is 1. The van der Waals surface area contributed by atoms with Crippen molar-refractivity contribution in [2.45, 2.75) is 33.0 Å². The Kier molecular flexibility index (Phi) is 9.57. The van der Waals surface area contributed by atoms with E-state index in [0.29, 0.717) is 45.6 Å². The van der Waals surface area contributed by atoms with Gasteiger partial charge in [0.25, 0.3) is 0 Å². The maximum absolute atomic E-state index is 12.1. The first-order valence-electron chi connectivity index (χ1n) is 8.61. The van der Waals surface area contributed by atoms with Crippen LogP contribution in [0.5, 0.6) is 0 Å². The minimum absolute atomic E-state index is 0.135. The second-order valence-electron chi connectivity index (χ2n) is 5.72. The lowest BCUT2D eigenvalue weighted by atomic mass is 9.90. The Morgan fingerprint density at radius 2 is 1.64 bits per heavy atom. The smallest absolute Gasteiger partial charge is 0.354 e. The fourth-order valence-electron chi connectivity index (χ4n) is 3.17. The van der Waals surface area contributed by atoms with Gasteiger partial charge in [-0.15, -0.1) is 13.2 Å². The van der Waals surface area contributed by atoms with Crippen LogP contribution in [0.3, 0.4) is 0 Å². The lowest BCUT2D eigenvalue weighted by molar-refractivity contribution is 0.0591. The fraction of sp³-hybridized carbons (Fsp3) is 0.350. The van der Waals surface area contributed by atoms with Crippen LogP contribution in [0.15, 0.2) is 25.3 Å². The van der Waals surface area contributed by atoms with E-state index in [9.17, 15) is 25.2 Å². The summed E-state index contributed by atoms with van der Waals surface area (Å²) in [6.45, 7) is 4.95. The van der Waals surface area contributed by atoms with Crippen molar-refractivity contribution in [1.82, 2.24) is 10.3 Å². The predicted octanol–water partition coefficient (Wildman–Crippen LogP) is 0.959. The summed E-state index contributed by atoms with van der Waals surface area (Å²) in [6.07, 6.45) is 0. The number of benzene rings is 1. The van der Waals surface area contributed by atoms with Gasteiger partial charge < -0.3 is 35.5 Å². The summed E-state index contributed by atoms with van der Waals surface area (Å²) in [5.74, 6) is -0.613. The van der Waals surface area contributed by atoms with Gasteiger partial charge in [-0.25, -0.2) is 4.79 Å². The van der Waals surface area contributed by atoms with Crippen LogP contribution in [0, 0.1) is 0 Å². The van der Waals surface area contributed by atoms with Gasteiger partial charge in [-0.3, -0.25) is 0 Å². The van der Waals surface area contributed by atoms with Crippen LogP contribution in [-0.2, 0) is 37.7 Å². The molecule has 0 spiro atoms. The number of hydrogen-bond donors (Lipinski definition) is 6. The predicted molar refractivity (Wildman–Crippen MR) is 105 cm³/mol. The first kappa shape index (κ1) is 23.5. The number of aromatic amines is 1. The first-order valence-corrected chi connectivity index (χ1v) is 8.61. The second kappa shape index (κ2) is 11.4. The molecule has 0 bridgehead atoms. The second-order valence-corrected chi connectivity index (χ2v) is 5.72. The van der Waals surface area contributed by atoms with Crippen molar-refractivity contribution in [3.05, 3.63) is 58.9 Å². The zero-order valence-electron chi connectivity index (χ0n) is 16.2. The van der Waals surface area contributed by atoms with Gasteiger partial charge in [-0.05, 0) is 29.3 Å². The van der Waals surface area contributed by atoms with Crippen molar-refractivity contribution in [3.8, 4) is 11.1 Å². The molecule has 28 heavy (non-hydrogen) atoms. The van der Waals surface area contributed by atoms with Crippen LogP contribution < -0.4 is 5.32 Å². The van der Waals surface area contributed by atoms with E-state index in [2.05, 4.69) is 23.5 Å². The summed E-state index contributed by atoms with van der Waals surface area (Å²) in [7, 11) is 2.99. The van der Waals surface area contributed by atoms with Gasteiger partial charge in [0.1, 0.15) is 5.69 Å². The van der Waals surface area contributed by atoms with Gasteiger partial charge in [-0.2, -0.15) is 0 Å². The Labute approximate surface area is 164 Å². The molecule has 0 radical (unpaired) electrons. The number of rotatable bonds is 8. The number of ether oxygens (including phenoxy) is 1. The van der Waals surface area contributed by atoms with Crippen molar-refractivity contribution < 1.29 is 30.0 Å². The van der Waals surface area contributed by atoms with Crippen LogP contribution in [0.1, 0.15) is 38.4 Å². The van der Waals surface area contributed by atoms with E-state index >= 15 is 0 Å². The Morgan fingerprint density at radius 1 is 1.04 bits per heavy atom. The van der Waals surface area contributed by atoms with Crippen LogP contribution >= 0.6 is 0 Å². The molecule has 1 aromatic carbocycles. The third-order valence-corrected chi connectivity index (χ3v) is 4.37. The number of carbonyl (C=O) groups is 1. The summed E-state index contributed by atoms with van der Waals surface area (Å²) in [5.41, 5.74) is 3.60. The topological polar surface area (TPSA) is 135 Å². The average Bonchev–Trinajstić information content (AvgIpc) is 3.11. The van der Waals surface area contributed by atoms with Gasteiger partial charge in [0.15, 0.2) is 0 Å². The highest BCUT2D eigenvalue weighted by molar-refractivity contribution is 5.93. The van der Waals surface area contributed by atoms with Crippen molar-refractivity contribution >= 4 is 5.97 Å². The molecule has 2 aromatic rings. The average molecular weight is 392 g/mol. The third-order valence-electron chi connectivity index (χ3n) is 4.37. The molecule has 8 nitrogen and oxygen atoms in total. The molecule has 1 aromatic heterocycles. The number of esters is 1. The molecule has 0 aliphatic heterocycles. The van der Waals surface area contributed by atoms with E-state index in [1.54, 1.807) is 19.2 Å². The number of carbonyl (C=O) groups excluding carboxylic acids is 1. The third kappa shape index (κ3) is 4.49. The molecular formula is C20H28N2O6. The van der Waals surface area contributed by atoms with Crippen molar-refractivity contribution in [3.63, 3.8) is 0 Å². The SMILES string of the molecule is C=C.CNCc1[nH]c(C(=O)OC)c(CO)c1-c1ccc(CO)c(CO)c1CO. The van der Waals surface area contributed by atoms with Crippen LogP contribution in [-0.4, -0.2) is 45.5 Å². The molecule has 0 saturated heterocycles. The van der Waals surface area contributed by atoms with E-state index < -0.39 is 12.6 Å². The number of nitrogens with one attached hydrogen (secondary N) is 2. The van der Waals surface area contributed by atoms with E-state index in [0.717, 1.165) is 0 Å². The maximum Gasteiger partial charge on any atom is 0.354 e. The lowest BCUT2D eigenvalue weighted by Crippen LogP contribution is -2.08. The molecule has 8 heteroatoms. The zero-order valence-corrected chi connectivity index (χ0v) is 16.2. The van der Waals surface area contributed by atoms with Crippen molar-refractivity contribution in [2.75, 3.05) is 14.2 Å². The van der Waals surface area contributed by atoms with Crippen LogP contribution in [0.25, 0.3) is 11.1 Å². The molecule has 0 aliphatic carbocycles. The van der Waals surface area contributed by atoms with Gasteiger partial charge in [0, 0.05) is 23.4 Å². The Balaban J connectivity index is 0.00000190. The molecule has 1 heterocycles. The fourth-order valence-corrected chi connectivity index (χ4v) is 3.17. The maximum atomic E-state index is 12.1. The minimum Gasteiger partial charge on any atom is -0.464 e. The first-order chi connectivity index (χ1) is 13.6. The Hall–Kier alpha value is -2.49. The van der Waals surface area contributed by atoms with E-state index in [-0.39, 0.29) is 25.5 Å². The van der Waals surface area contributed by atoms with Gasteiger partial charge in [-0.1, -0.05) is 12.1 Å². The highest BCUT2D eigenvalue weighted by Gasteiger charge is 2.25. The van der Waals surface area contributed by atoms with Gasteiger partial charge >= 0.3 is 5.97 Å². The summed E-state index contributed by atoms with van der Waals surface area (Å²) >= 11 is 0. The largest absolute Gasteiger partial charge is 0.464 e. The summed E-state index contributed by atoms with van der Waals surface area (Å²) in [6, 6.07) is 3.34. The molecule has 154 valence electrons. The molecule has 6 N–H and O–H groups in total. The summed E-state index contributed by atoms with van der Waals surface area (Å²) in [4.78, 5) is 15.0. The number of hydrogen-bond acceptors (Lipinski definition) is 7. The molecular weight excluding hydrogens is 364 g/mol. The number of aliphatic hydroxyl groups is 4. The van der Waals surface area contributed by atoms with Gasteiger partial charge in [0.05, 0.1) is 33.5 Å². The van der Waals surface area contributed by atoms with Crippen molar-refractivity contribution in [2.24, 2.45) is 0 Å². The van der Waals surface area contributed by atoms with Gasteiger partial charge in [0.2, 0.25) is 0 Å². The van der Waals surface area contributed by atoms with Crippen LogP contribution in [0.4, 0.5) is 0 Å². The standard InChI is InChI=1S/C18H24N2O6.C2H4/c1-19-5-15-16(14(9-24)17(20-15)18(25)26-2)11-4-3-10(6-21)12(7-22)13(11)8-23;1-2/h3-4,19-24H,5-9H2,1-2H3;1-2H2. The van der Waals surface area contributed by atoms with Crippen molar-refractivity contribution in [1.29, 1.82) is 0 Å². The molecule has 2 rings (SSSR count). The molecule has 0 atom stereocenters. The zero-order chi connectivity index (χ0) is 21.3. The van der Waals surface area contributed by atoms with E-state index in [1.165, 1.54) is 7.11 Å². The van der Waals surface area contributed by atoms with E-state index in [4.69, 9.17) is 4.74 Å². The molecule has 0 aliphatic rings. The Bertz CT molecular complexity index is 800. The quantitative estimate of drug-likeness (QED) is 0.291. The monoisotopic (exact) mass is 392 g/mol. The minimum atomic E-state index is -0.613. The Morgan fingerprint density at radius 3 is 2.11 bits per heavy atom. The van der Waals surface area contributed by atoms with Crippen LogP contribution in [0.2, 0.25) is 0 Å². The number of aliphatic hydroxyl groups excluding tert-OH is 4. The number of aromatic nitrogens is 1. The molecule has 0 unspecified atom stereocenters. The molecule has 0 fully saturated rings. The summed E-state index contributed by atoms with van der Waals surface area (Å²) < 4.78 is 4.77. The highest BCUT2D eigenvalue weighted by Crippen LogP contribution is 2.36. The lowest BCUT2D eigenvalue weighted by Gasteiger charge is -2.17. The van der Waals surface area contributed by atoms with E-state index in [1.807, 2.05) is 0 Å². The summed E-state index contributed by atoms with van der Waals surface area (Å²) in [5, 5.41) is 41.9. The normalized spacial score (nSPS) is 10.4. The molecule has 0 amide bonds. The highest BCUT2D eigenvalue weighted by atomic mass is 16.5.